The van der Waals surface area contributed by atoms with Crippen LogP contribution in [0, 0.1) is 0 Å². The van der Waals surface area contributed by atoms with Gasteiger partial charge in [0.05, 0.1) is 12.4 Å². The highest BCUT2D eigenvalue weighted by Gasteiger charge is 2.34. The van der Waals surface area contributed by atoms with Crippen molar-refractivity contribution in [1.82, 2.24) is 14.9 Å². The quantitative estimate of drug-likeness (QED) is 0.484. The molecule has 30 heavy (non-hydrogen) atoms. The van der Waals surface area contributed by atoms with Gasteiger partial charge < -0.3 is 15.5 Å². The van der Waals surface area contributed by atoms with E-state index in [4.69, 9.17) is 10.6 Å². The molecule has 0 bridgehead atoms. The number of para-hydroxylation sites is 1. The summed E-state index contributed by atoms with van der Waals surface area (Å²) in [5.74, 6) is 7.73. The van der Waals surface area contributed by atoms with Crippen LogP contribution in [0.5, 0.6) is 5.75 Å². The van der Waals surface area contributed by atoms with E-state index in [0.29, 0.717) is 17.4 Å². The molecule has 7 nitrogen and oxygen atoms in total. The average Bonchev–Trinajstić information content (AvgIpc) is 3.27. The first-order chi connectivity index (χ1) is 14.5. The van der Waals surface area contributed by atoms with Crippen molar-refractivity contribution in [2.45, 2.75) is 43.1 Å². The summed E-state index contributed by atoms with van der Waals surface area (Å²) < 4.78 is 6.66. The number of anilines is 1. The third kappa shape index (κ3) is 3.87. The molecule has 2 heterocycles. The molecule has 0 radical (unpaired) electrons. The first-order valence-electron chi connectivity index (χ1n) is 9.88. The molecule has 0 spiro atoms. The summed E-state index contributed by atoms with van der Waals surface area (Å²) >= 11 is 1.33. The zero-order valence-electron chi connectivity index (χ0n) is 17.3. The molecule has 1 aliphatic rings. The van der Waals surface area contributed by atoms with Crippen molar-refractivity contribution in [2.75, 3.05) is 17.9 Å². The van der Waals surface area contributed by atoms with E-state index in [9.17, 15) is 4.79 Å². The number of hydrogen-bond donors (Lipinski definition) is 1. The molecule has 0 saturated carbocycles. The molecule has 0 unspecified atom stereocenters. The standard InChI is InChI=1S/C22H25N5O2S/c1-14-12-17-6-4-5-7-19(17)26(14)21(28)15(2)30-22-25-24-20(27(22)23)13-16-8-10-18(29-3)11-9-16/h4-11,14-15H,12-13,23H2,1-3H3/t14-,15-/m0/s1. The predicted octanol–water partition coefficient (Wildman–Crippen LogP) is 3.05. The van der Waals surface area contributed by atoms with Crippen molar-refractivity contribution in [3.05, 3.63) is 65.5 Å². The lowest BCUT2D eigenvalue weighted by Gasteiger charge is -2.25. The van der Waals surface area contributed by atoms with E-state index in [2.05, 4.69) is 23.2 Å². The number of fused-ring (bicyclic) bond motifs is 1. The van der Waals surface area contributed by atoms with E-state index in [1.165, 1.54) is 22.0 Å². The maximum Gasteiger partial charge on any atom is 0.240 e. The van der Waals surface area contributed by atoms with Gasteiger partial charge in [-0.3, -0.25) is 4.79 Å². The Morgan fingerprint density at radius 3 is 2.70 bits per heavy atom. The number of amides is 1. The fourth-order valence-electron chi connectivity index (χ4n) is 3.74. The van der Waals surface area contributed by atoms with Gasteiger partial charge in [0.1, 0.15) is 5.75 Å². The number of nitrogens with zero attached hydrogens (tertiary/aromatic N) is 4. The first-order valence-corrected chi connectivity index (χ1v) is 10.8. The van der Waals surface area contributed by atoms with Crippen LogP contribution in [-0.2, 0) is 17.6 Å². The number of nitrogens with two attached hydrogens (primary N) is 1. The summed E-state index contributed by atoms with van der Waals surface area (Å²) in [7, 11) is 1.64. The van der Waals surface area contributed by atoms with Crippen molar-refractivity contribution in [1.29, 1.82) is 0 Å². The Morgan fingerprint density at radius 2 is 1.97 bits per heavy atom. The minimum Gasteiger partial charge on any atom is -0.497 e. The van der Waals surface area contributed by atoms with E-state index in [1.807, 2.05) is 54.3 Å². The molecule has 1 aliphatic heterocycles. The van der Waals surface area contributed by atoms with Gasteiger partial charge in [-0.2, -0.15) is 0 Å². The molecule has 156 valence electrons. The summed E-state index contributed by atoms with van der Waals surface area (Å²) in [4.78, 5) is 15.1. The van der Waals surface area contributed by atoms with Gasteiger partial charge in [0.25, 0.3) is 0 Å². The third-order valence-corrected chi connectivity index (χ3v) is 6.38. The average molecular weight is 424 g/mol. The molecule has 2 atom stereocenters. The monoisotopic (exact) mass is 423 g/mol. The van der Waals surface area contributed by atoms with E-state index < -0.39 is 0 Å². The van der Waals surface area contributed by atoms with E-state index in [-0.39, 0.29) is 17.2 Å². The molecule has 0 aliphatic carbocycles. The van der Waals surface area contributed by atoms with Crippen LogP contribution in [0.25, 0.3) is 0 Å². The highest BCUT2D eigenvalue weighted by molar-refractivity contribution is 8.00. The van der Waals surface area contributed by atoms with Crippen LogP contribution in [0.1, 0.15) is 30.8 Å². The topological polar surface area (TPSA) is 86.3 Å². The van der Waals surface area contributed by atoms with Crippen molar-refractivity contribution >= 4 is 23.4 Å². The van der Waals surface area contributed by atoms with Crippen LogP contribution >= 0.6 is 11.8 Å². The van der Waals surface area contributed by atoms with Gasteiger partial charge in [-0.25, -0.2) is 4.68 Å². The van der Waals surface area contributed by atoms with Gasteiger partial charge in [-0.05, 0) is 49.6 Å². The zero-order valence-corrected chi connectivity index (χ0v) is 18.1. The maximum absolute atomic E-state index is 13.2. The summed E-state index contributed by atoms with van der Waals surface area (Å²) in [6, 6.07) is 16.0. The second-order valence-electron chi connectivity index (χ2n) is 7.44. The second kappa shape index (κ2) is 8.39. The number of carbonyl (C=O) groups excluding carboxylic acids is 1. The smallest absolute Gasteiger partial charge is 0.240 e. The Bertz CT molecular complexity index is 1050. The van der Waals surface area contributed by atoms with Crippen LogP contribution < -0.4 is 15.5 Å². The van der Waals surface area contributed by atoms with Crippen molar-refractivity contribution in [3.8, 4) is 5.75 Å². The Morgan fingerprint density at radius 1 is 1.23 bits per heavy atom. The normalized spacial score (nSPS) is 16.4. The predicted molar refractivity (Wildman–Crippen MR) is 118 cm³/mol. The highest BCUT2D eigenvalue weighted by Crippen LogP contribution is 2.34. The van der Waals surface area contributed by atoms with Gasteiger partial charge >= 0.3 is 0 Å². The molecule has 1 amide bonds. The Balaban J connectivity index is 1.46. The lowest BCUT2D eigenvalue weighted by molar-refractivity contribution is -0.118. The van der Waals surface area contributed by atoms with Crippen LogP contribution in [-0.4, -0.2) is 39.2 Å². The van der Waals surface area contributed by atoms with Crippen LogP contribution in [0.15, 0.2) is 53.7 Å². The number of benzene rings is 2. The lowest BCUT2D eigenvalue weighted by Crippen LogP contribution is -2.40. The molecule has 2 aromatic carbocycles. The molecule has 0 fully saturated rings. The molecule has 4 rings (SSSR count). The van der Waals surface area contributed by atoms with Crippen LogP contribution in [0.2, 0.25) is 0 Å². The highest BCUT2D eigenvalue weighted by atomic mass is 32.2. The SMILES string of the molecule is COc1ccc(Cc2nnc(S[C@@H](C)C(=O)N3c4ccccc4C[C@@H]3C)n2N)cc1. The zero-order chi connectivity index (χ0) is 21.3. The summed E-state index contributed by atoms with van der Waals surface area (Å²) in [5.41, 5.74) is 3.26. The molecule has 3 aromatic rings. The fraction of sp³-hybridized carbons (Fsp3) is 0.318. The van der Waals surface area contributed by atoms with Gasteiger partial charge in [0, 0.05) is 18.2 Å². The lowest BCUT2D eigenvalue weighted by atomic mass is 10.1. The van der Waals surface area contributed by atoms with Crippen molar-refractivity contribution in [3.63, 3.8) is 0 Å². The number of carbonyl (C=O) groups is 1. The summed E-state index contributed by atoms with van der Waals surface area (Å²) in [5, 5.41) is 8.63. The second-order valence-corrected chi connectivity index (χ2v) is 8.75. The number of aromatic nitrogens is 3. The summed E-state index contributed by atoms with van der Waals surface area (Å²) in [6.45, 7) is 3.96. The Labute approximate surface area is 180 Å². The van der Waals surface area contributed by atoms with Crippen LogP contribution in [0.3, 0.4) is 0 Å². The van der Waals surface area contributed by atoms with E-state index in [1.54, 1.807) is 7.11 Å². The van der Waals surface area contributed by atoms with Gasteiger partial charge in [-0.1, -0.05) is 42.1 Å². The molecule has 2 N–H and O–H groups in total. The van der Waals surface area contributed by atoms with Gasteiger partial charge in [0.2, 0.25) is 11.1 Å². The van der Waals surface area contributed by atoms with Crippen LogP contribution in [0.4, 0.5) is 5.69 Å². The number of nitrogen functional groups attached to an aromatic ring is 1. The largest absolute Gasteiger partial charge is 0.497 e. The Kier molecular flexibility index (Phi) is 5.67. The number of rotatable bonds is 6. The number of ether oxygens (including phenoxy) is 1. The minimum absolute atomic E-state index is 0.0529. The van der Waals surface area contributed by atoms with Crippen molar-refractivity contribution < 1.29 is 9.53 Å². The van der Waals surface area contributed by atoms with E-state index >= 15 is 0 Å². The number of methoxy groups -OCH3 is 1. The van der Waals surface area contributed by atoms with Crippen molar-refractivity contribution in [2.24, 2.45) is 0 Å². The van der Waals surface area contributed by atoms with E-state index in [0.717, 1.165) is 23.4 Å². The molecule has 8 heteroatoms. The fourth-order valence-corrected chi connectivity index (χ4v) is 4.58. The number of hydrogen-bond acceptors (Lipinski definition) is 6. The number of thioether (sulfide) groups is 1. The summed E-state index contributed by atoms with van der Waals surface area (Å²) in [6.07, 6.45) is 1.42. The van der Waals surface area contributed by atoms with Gasteiger partial charge in [-0.15, -0.1) is 10.2 Å². The third-order valence-electron chi connectivity index (χ3n) is 5.33. The first kappa shape index (κ1) is 20.3. The minimum atomic E-state index is -0.334. The molecule has 1 aromatic heterocycles. The molecular formula is C22H25N5O2S. The molecule has 0 saturated heterocycles. The van der Waals surface area contributed by atoms with Gasteiger partial charge in [0.15, 0.2) is 5.82 Å². The maximum atomic E-state index is 13.2. The molecular weight excluding hydrogens is 398 g/mol. The Hall–Kier alpha value is -3.00.